The fraction of sp³-hybridized carbons (Fsp3) is 0.692. The van der Waals surface area contributed by atoms with Crippen molar-refractivity contribution in [2.24, 2.45) is 11.3 Å². The van der Waals surface area contributed by atoms with E-state index in [1.807, 2.05) is 20.8 Å². The van der Waals surface area contributed by atoms with Gasteiger partial charge in [0.2, 0.25) is 17.7 Å². The molecule has 4 N–H and O–H groups in total. The highest BCUT2D eigenvalue weighted by Gasteiger charge is 2.60. The van der Waals surface area contributed by atoms with Crippen LogP contribution in [0.1, 0.15) is 40.0 Å². The van der Waals surface area contributed by atoms with Gasteiger partial charge in [0, 0.05) is 52.7 Å². The Morgan fingerprint density at radius 2 is 1.77 bits per heavy atom. The number of carbonyl (C=O) groups excluding carboxylic acids is 4. The lowest BCUT2D eigenvalue weighted by molar-refractivity contribution is -0.139. The smallest absolute Gasteiger partial charge is 0.315 e. The first-order chi connectivity index (χ1) is 18.5. The molecule has 4 atom stereocenters. The maximum absolute atomic E-state index is 13.2. The van der Waals surface area contributed by atoms with E-state index in [1.165, 1.54) is 26.0 Å². The van der Waals surface area contributed by atoms with Crippen LogP contribution >= 0.6 is 0 Å². The lowest BCUT2D eigenvalue weighted by Crippen LogP contribution is -2.57. The summed E-state index contributed by atoms with van der Waals surface area (Å²) in [5.74, 6) is -1.39. The van der Waals surface area contributed by atoms with Crippen molar-refractivity contribution < 1.29 is 27.6 Å². The molecular weight excluding hydrogens is 538 g/mol. The molecule has 2 unspecified atom stereocenters. The Balaban J connectivity index is 1.99. The minimum absolute atomic E-state index is 0.0214. The van der Waals surface area contributed by atoms with Gasteiger partial charge in [-0.1, -0.05) is 32.9 Å². The minimum atomic E-state index is -3.68. The van der Waals surface area contributed by atoms with Gasteiger partial charge in [0.15, 0.2) is 0 Å². The average Bonchev–Trinajstić information content (AvgIpc) is 3.35. The second-order valence-electron chi connectivity index (χ2n) is 11.6. The Kier molecular flexibility index (Phi) is 10.9. The molecule has 0 spiro atoms. The van der Waals surface area contributed by atoms with Crippen molar-refractivity contribution in [3.63, 3.8) is 0 Å². The van der Waals surface area contributed by atoms with E-state index in [0.717, 1.165) is 8.61 Å². The molecule has 0 radical (unpaired) electrons. The van der Waals surface area contributed by atoms with E-state index < -0.39 is 51.1 Å². The molecular formula is C26H45N7O6S. The number of hydrogen-bond donors (Lipinski definition) is 4. The van der Waals surface area contributed by atoms with Crippen molar-refractivity contribution in [3.8, 4) is 0 Å². The molecule has 14 heteroatoms. The maximum atomic E-state index is 13.2. The number of likely N-dealkylation sites (N-methyl/N-ethyl adjacent to an activating group) is 1. The molecule has 5 amide bonds. The molecule has 226 valence electrons. The zero-order valence-electron chi connectivity index (χ0n) is 24.5. The number of hydrogen-bond acceptors (Lipinski definition) is 6. The van der Waals surface area contributed by atoms with Crippen molar-refractivity contribution in [1.82, 2.24) is 34.8 Å². The molecule has 40 heavy (non-hydrogen) atoms. The van der Waals surface area contributed by atoms with Crippen LogP contribution in [-0.2, 0) is 24.6 Å². The fourth-order valence-electron chi connectivity index (χ4n) is 4.63. The number of carbonyl (C=O) groups is 4. The Hall–Kier alpha value is -2.97. The van der Waals surface area contributed by atoms with Gasteiger partial charge in [-0.05, 0) is 24.7 Å². The van der Waals surface area contributed by atoms with E-state index in [-0.39, 0.29) is 31.5 Å². The first-order valence-corrected chi connectivity index (χ1v) is 14.7. The van der Waals surface area contributed by atoms with Gasteiger partial charge in [0.25, 0.3) is 10.2 Å². The molecule has 1 aliphatic heterocycles. The van der Waals surface area contributed by atoms with Crippen molar-refractivity contribution in [2.45, 2.75) is 57.7 Å². The second kappa shape index (κ2) is 13.1. The van der Waals surface area contributed by atoms with E-state index in [1.54, 1.807) is 12.2 Å². The van der Waals surface area contributed by atoms with Gasteiger partial charge in [0.05, 0.1) is 6.54 Å². The van der Waals surface area contributed by atoms with Crippen LogP contribution in [0, 0.1) is 11.3 Å². The zero-order valence-corrected chi connectivity index (χ0v) is 25.3. The number of likely N-dealkylation sites (tertiary alicyclic amines) is 1. The van der Waals surface area contributed by atoms with Crippen LogP contribution in [0.2, 0.25) is 0 Å². The van der Waals surface area contributed by atoms with Gasteiger partial charge in [-0.25, -0.2) is 4.79 Å². The van der Waals surface area contributed by atoms with Crippen molar-refractivity contribution in [1.29, 1.82) is 0 Å². The number of nitrogens with one attached hydrogen (secondary N) is 4. The predicted molar refractivity (Wildman–Crippen MR) is 152 cm³/mol. The maximum Gasteiger partial charge on any atom is 0.315 e. The van der Waals surface area contributed by atoms with Gasteiger partial charge in [-0.2, -0.15) is 17.0 Å². The summed E-state index contributed by atoms with van der Waals surface area (Å²) in [5.41, 5.74) is -1.58. The number of urea groups is 1. The molecule has 13 nitrogen and oxygen atoms in total. The Morgan fingerprint density at radius 3 is 2.30 bits per heavy atom. The third kappa shape index (κ3) is 7.82. The van der Waals surface area contributed by atoms with E-state index in [9.17, 15) is 27.6 Å². The van der Waals surface area contributed by atoms with Gasteiger partial charge in [0.1, 0.15) is 11.6 Å². The topological polar surface area (TPSA) is 160 Å². The Labute approximate surface area is 237 Å². The minimum Gasteiger partial charge on any atom is -0.351 e. The summed E-state index contributed by atoms with van der Waals surface area (Å²) in [7, 11) is 0.603. The normalized spacial score (nSPS) is 23.4. The molecule has 0 aromatic heterocycles. The molecule has 1 saturated carbocycles. The van der Waals surface area contributed by atoms with Crippen LogP contribution in [0.25, 0.3) is 0 Å². The zero-order chi connectivity index (χ0) is 30.5. The van der Waals surface area contributed by atoms with E-state index in [4.69, 9.17) is 0 Å². The van der Waals surface area contributed by atoms with Crippen molar-refractivity contribution in [3.05, 3.63) is 25.3 Å². The first-order valence-electron chi connectivity index (χ1n) is 13.3. The largest absolute Gasteiger partial charge is 0.351 e. The molecule has 2 aliphatic rings. The Morgan fingerprint density at radius 1 is 1.12 bits per heavy atom. The van der Waals surface area contributed by atoms with E-state index in [0.29, 0.717) is 25.8 Å². The summed E-state index contributed by atoms with van der Waals surface area (Å²) in [6.45, 7) is 13.2. The summed E-state index contributed by atoms with van der Waals surface area (Å²) in [6.07, 6.45) is 4.65. The molecule has 1 saturated heterocycles. The highest BCUT2D eigenvalue weighted by atomic mass is 32.2. The summed E-state index contributed by atoms with van der Waals surface area (Å²) in [6, 6.07) is -1.96. The SMILES string of the molecule is C=CCNC(=O)[C@@]1(NC(=O)[C@@H]2CCCN2C(=O)CNC(=O)NC(CN(C)S(=O)(=O)N(C)C)C(C)(C)C)CC1C=C. The molecule has 1 aliphatic carbocycles. The molecule has 1 heterocycles. The number of nitrogens with zero attached hydrogens (tertiary/aromatic N) is 3. The van der Waals surface area contributed by atoms with Gasteiger partial charge < -0.3 is 26.2 Å². The van der Waals surface area contributed by atoms with Crippen LogP contribution < -0.4 is 21.3 Å². The lowest BCUT2D eigenvalue weighted by Gasteiger charge is -2.35. The highest BCUT2D eigenvalue weighted by molar-refractivity contribution is 7.86. The van der Waals surface area contributed by atoms with Crippen LogP contribution in [0.3, 0.4) is 0 Å². The standard InChI is InChI=1S/C26H45N7O6S/c1-9-13-27-23(36)26(15-18(26)10-2)30-22(35)19-12-11-14-33(19)21(34)16-28-24(37)29-20(25(3,4)5)17-32(8)40(38,39)31(6)7/h9-10,18-20H,1-2,11-17H2,3-8H3,(H,27,36)(H,30,35)(H2,28,29,37)/t18?,19-,20?,26+/m0/s1. The molecule has 0 aromatic rings. The van der Waals surface area contributed by atoms with Gasteiger partial charge in [-0.15, -0.1) is 13.2 Å². The average molecular weight is 584 g/mol. The second-order valence-corrected chi connectivity index (χ2v) is 13.8. The molecule has 2 rings (SSSR count). The first kappa shape index (κ1) is 33.2. The van der Waals surface area contributed by atoms with Crippen LogP contribution in [-0.4, -0.2) is 111 Å². The number of amides is 5. The quantitative estimate of drug-likeness (QED) is 0.220. The van der Waals surface area contributed by atoms with Gasteiger partial charge in [-0.3, -0.25) is 14.4 Å². The fourth-order valence-corrected chi connectivity index (χ4v) is 5.53. The van der Waals surface area contributed by atoms with Crippen molar-refractivity contribution >= 4 is 34.0 Å². The van der Waals surface area contributed by atoms with Crippen LogP contribution in [0.4, 0.5) is 4.79 Å². The lowest BCUT2D eigenvalue weighted by atomic mass is 9.87. The van der Waals surface area contributed by atoms with E-state index >= 15 is 0 Å². The Bertz CT molecular complexity index is 1100. The van der Waals surface area contributed by atoms with E-state index in [2.05, 4.69) is 34.4 Å². The predicted octanol–water partition coefficient (Wildman–Crippen LogP) is -0.207. The summed E-state index contributed by atoms with van der Waals surface area (Å²) in [5, 5.41) is 10.9. The third-order valence-electron chi connectivity index (χ3n) is 7.38. The molecule has 0 aromatic carbocycles. The summed E-state index contributed by atoms with van der Waals surface area (Å²) in [4.78, 5) is 53.0. The summed E-state index contributed by atoms with van der Waals surface area (Å²) < 4.78 is 27.1. The summed E-state index contributed by atoms with van der Waals surface area (Å²) >= 11 is 0. The molecule has 0 bridgehead atoms. The monoisotopic (exact) mass is 583 g/mol. The van der Waals surface area contributed by atoms with Gasteiger partial charge >= 0.3 is 6.03 Å². The third-order valence-corrected chi connectivity index (χ3v) is 9.24. The number of rotatable bonds is 13. The van der Waals surface area contributed by atoms with Crippen LogP contribution in [0.15, 0.2) is 25.3 Å². The highest BCUT2D eigenvalue weighted by Crippen LogP contribution is 2.44. The molecule has 2 fully saturated rings. The van der Waals surface area contributed by atoms with Crippen molar-refractivity contribution in [2.75, 3.05) is 47.3 Å². The van der Waals surface area contributed by atoms with Crippen LogP contribution in [0.5, 0.6) is 0 Å².